The fourth-order valence-corrected chi connectivity index (χ4v) is 4.53. The lowest BCUT2D eigenvalue weighted by molar-refractivity contribution is -0.145. The Kier molecular flexibility index (Phi) is 6.26. The van der Waals surface area contributed by atoms with Gasteiger partial charge in [0.1, 0.15) is 5.75 Å². The number of benzene rings is 2. The Morgan fingerprint density at radius 2 is 1.62 bits per heavy atom. The molecule has 34 heavy (non-hydrogen) atoms. The van der Waals surface area contributed by atoms with E-state index in [0.29, 0.717) is 29.0 Å². The van der Waals surface area contributed by atoms with Gasteiger partial charge in [0.05, 0.1) is 17.5 Å². The maximum atomic E-state index is 13.7. The van der Waals surface area contributed by atoms with Crippen molar-refractivity contribution in [3.63, 3.8) is 0 Å². The maximum Gasteiger partial charge on any atom is 0.420 e. The molecule has 0 amide bonds. The van der Waals surface area contributed by atoms with Gasteiger partial charge < -0.3 is 14.8 Å². The van der Waals surface area contributed by atoms with Gasteiger partial charge in [-0.25, -0.2) is 0 Å². The van der Waals surface area contributed by atoms with Crippen molar-refractivity contribution in [2.45, 2.75) is 50.9 Å². The molecule has 0 aliphatic heterocycles. The summed E-state index contributed by atoms with van der Waals surface area (Å²) in [5.41, 5.74) is -2.36. The molecule has 0 unspecified atom stereocenters. The zero-order chi connectivity index (χ0) is 24.7. The molecule has 0 spiro atoms. The second kappa shape index (κ2) is 8.88. The number of aromatic nitrogens is 1. The van der Waals surface area contributed by atoms with Crippen LogP contribution in [-0.2, 0) is 30.0 Å². The predicted octanol–water partition coefficient (Wildman–Crippen LogP) is 7.36. The number of hydrogen-bond donors (Lipinski definition) is 2. The van der Waals surface area contributed by atoms with Crippen molar-refractivity contribution >= 4 is 16.9 Å². The van der Waals surface area contributed by atoms with E-state index in [-0.39, 0.29) is 5.75 Å². The molecule has 1 aliphatic carbocycles. The minimum atomic E-state index is -5.20. The van der Waals surface area contributed by atoms with Gasteiger partial charge in [-0.3, -0.25) is 4.79 Å². The van der Waals surface area contributed by atoms with E-state index in [1.165, 1.54) is 12.1 Å². The molecule has 2 N–H and O–H groups in total. The molecule has 2 aromatic carbocycles. The van der Waals surface area contributed by atoms with Crippen LogP contribution in [0.4, 0.5) is 26.3 Å². The molecule has 4 nitrogen and oxygen atoms in total. The minimum Gasteiger partial charge on any atom is -0.481 e. The molecule has 3 aromatic rings. The van der Waals surface area contributed by atoms with Crippen LogP contribution in [0.3, 0.4) is 0 Å². The minimum absolute atomic E-state index is 0.179. The van der Waals surface area contributed by atoms with Crippen LogP contribution in [0.1, 0.15) is 47.9 Å². The Morgan fingerprint density at radius 3 is 2.18 bits per heavy atom. The highest BCUT2D eigenvalue weighted by molar-refractivity contribution is 5.84. The van der Waals surface area contributed by atoms with Crippen molar-refractivity contribution in [2.24, 2.45) is 5.92 Å². The number of rotatable bonds is 6. The summed E-state index contributed by atoms with van der Waals surface area (Å²) >= 11 is 0. The lowest BCUT2D eigenvalue weighted by Gasteiger charge is -2.20. The van der Waals surface area contributed by atoms with Crippen molar-refractivity contribution in [3.05, 3.63) is 58.8 Å². The van der Waals surface area contributed by atoms with Gasteiger partial charge in [-0.2, -0.15) is 26.3 Å². The number of aromatic amines is 1. The average Bonchev–Trinajstić information content (AvgIpc) is 3.37. The third kappa shape index (κ3) is 5.15. The molecule has 182 valence electrons. The highest BCUT2D eigenvalue weighted by Gasteiger charge is 2.43. The average molecular weight is 485 g/mol. The van der Waals surface area contributed by atoms with Gasteiger partial charge in [0, 0.05) is 17.1 Å². The second-order valence-corrected chi connectivity index (χ2v) is 8.56. The second-order valence-electron chi connectivity index (χ2n) is 8.56. The molecule has 10 heteroatoms. The number of H-pyrrole nitrogens is 1. The van der Waals surface area contributed by atoms with E-state index in [4.69, 9.17) is 9.84 Å². The van der Waals surface area contributed by atoms with E-state index in [1.807, 2.05) is 0 Å². The maximum absolute atomic E-state index is 13.7. The number of carbonyl (C=O) groups is 1. The summed E-state index contributed by atoms with van der Waals surface area (Å²) in [5, 5.41) is 9.55. The number of halogens is 6. The fraction of sp³-hybridized carbons (Fsp3) is 0.375. The first-order valence-electron chi connectivity index (χ1n) is 10.7. The molecule has 0 atom stereocenters. The number of alkyl halides is 6. The Hall–Kier alpha value is -3.17. The third-order valence-electron chi connectivity index (χ3n) is 6.06. The standard InChI is InChI=1S/C24H21F6NO3/c25-23(26,27)18-8-14(10-21(32)33)9-19(24(28,29)30)22(18)34-16-5-6-20-17(11-16)15(12-31-20)7-13-3-1-2-4-13/h5-6,8-9,11-13,31H,1-4,7,10H2,(H,32,33). The number of fused-ring (bicyclic) bond motifs is 1. The fourth-order valence-electron chi connectivity index (χ4n) is 4.53. The summed E-state index contributed by atoms with van der Waals surface area (Å²) in [6.45, 7) is 0. The number of nitrogens with one attached hydrogen (secondary N) is 1. The van der Waals surface area contributed by atoms with E-state index in [2.05, 4.69) is 4.98 Å². The summed E-state index contributed by atoms with van der Waals surface area (Å²) in [7, 11) is 0. The van der Waals surface area contributed by atoms with E-state index in [0.717, 1.165) is 37.7 Å². The summed E-state index contributed by atoms with van der Waals surface area (Å²) in [6, 6.07) is 5.05. The van der Waals surface area contributed by atoms with Crippen LogP contribution in [0.5, 0.6) is 11.5 Å². The van der Waals surface area contributed by atoms with Crippen molar-refractivity contribution < 1.29 is 41.0 Å². The predicted molar refractivity (Wildman–Crippen MR) is 112 cm³/mol. The molecule has 0 saturated heterocycles. The van der Waals surface area contributed by atoms with Gasteiger partial charge in [0.25, 0.3) is 0 Å². The molecule has 0 radical (unpaired) electrons. The van der Waals surface area contributed by atoms with Gasteiger partial charge >= 0.3 is 18.3 Å². The molecular weight excluding hydrogens is 464 g/mol. The van der Waals surface area contributed by atoms with Crippen LogP contribution < -0.4 is 4.74 Å². The molecule has 1 fully saturated rings. The van der Waals surface area contributed by atoms with Crippen LogP contribution >= 0.6 is 0 Å². The normalized spacial score (nSPS) is 15.2. The van der Waals surface area contributed by atoms with Crippen LogP contribution in [-0.4, -0.2) is 16.1 Å². The Balaban J connectivity index is 1.78. The van der Waals surface area contributed by atoms with Crippen LogP contribution in [0, 0.1) is 5.92 Å². The van der Waals surface area contributed by atoms with E-state index in [9.17, 15) is 31.1 Å². The first kappa shape index (κ1) is 24.0. The van der Waals surface area contributed by atoms with Crippen LogP contribution in [0.25, 0.3) is 10.9 Å². The van der Waals surface area contributed by atoms with Gasteiger partial charge in [0.2, 0.25) is 0 Å². The van der Waals surface area contributed by atoms with Crippen LogP contribution in [0.15, 0.2) is 36.5 Å². The topological polar surface area (TPSA) is 62.3 Å². The highest BCUT2D eigenvalue weighted by atomic mass is 19.4. The number of hydrogen-bond acceptors (Lipinski definition) is 2. The Labute approximate surface area is 190 Å². The lowest BCUT2D eigenvalue weighted by Crippen LogP contribution is -2.16. The smallest absolute Gasteiger partial charge is 0.420 e. The van der Waals surface area contributed by atoms with Gasteiger partial charge in [-0.05, 0) is 53.8 Å². The van der Waals surface area contributed by atoms with Gasteiger partial charge in [-0.1, -0.05) is 25.7 Å². The van der Waals surface area contributed by atoms with Crippen LogP contribution in [0.2, 0.25) is 0 Å². The number of aliphatic carboxylic acids is 1. The summed E-state index contributed by atoms with van der Waals surface area (Å²) in [5.74, 6) is -2.65. The quantitative estimate of drug-likeness (QED) is 0.359. The van der Waals surface area contributed by atoms with Gasteiger partial charge in [0.15, 0.2) is 5.75 Å². The van der Waals surface area contributed by atoms with Crippen molar-refractivity contribution in [3.8, 4) is 11.5 Å². The molecular formula is C24H21F6NO3. The van der Waals surface area contributed by atoms with Crippen molar-refractivity contribution in [1.82, 2.24) is 4.98 Å². The lowest BCUT2D eigenvalue weighted by atomic mass is 9.97. The SMILES string of the molecule is O=C(O)Cc1cc(C(F)(F)F)c(Oc2ccc3[nH]cc(CC4CCCC4)c3c2)c(C(F)(F)F)c1. The number of carboxylic acids is 1. The molecule has 1 aliphatic rings. The Morgan fingerprint density at radius 1 is 1.00 bits per heavy atom. The molecule has 4 rings (SSSR count). The molecule has 1 aromatic heterocycles. The summed E-state index contributed by atoms with van der Waals surface area (Å²) in [6.07, 6.45) is -4.40. The van der Waals surface area contributed by atoms with E-state index < -0.39 is 47.2 Å². The number of carboxylic acid groups (broad SMARTS) is 1. The molecule has 1 heterocycles. The van der Waals surface area contributed by atoms with Crippen molar-refractivity contribution in [2.75, 3.05) is 0 Å². The monoisotopic (exact) mass is 485 g/mol. The van der Waals surface area contributed by atoms with E-state index in [1.54, 1.807) is 12.3 Å². The van der Waals surface area contributed by atoms with Crippen molar-refractivity contribution in [1.29, 1.82) is 0 Å². The Bertz CT molecular complexity index is 1170. The largest absolute Gasteiger partial charge is 0.481 e. The molecule has 0 bridgehead atoms. The zero-order valence-electron chi connectivity index (χ0n) is 17.8. The highest BCUT2D eigenvalue weighted by Crippen LogP contribution is 2.47. The number of ether oxygens (including phenoxy) is 1. The van der Waals surface area contributed by atoms with Gasteiger partial charge in [-0.15, -0.1) is 0 Å². The summed E-state index contributed by atoms with van der Waals surface area (Å²) < 4.78 is 87.6. The first-order chi connectivity index (χ1) is 15.9. The van der Waals surface area contributed by atoms with E-state index >= 15 is 0 Å². The summed E-state index contributed by atoms with van der Waals surface area (Å²) in [4.78, 5) is 14.0. The molecule has 1 saturated carbocycles. The zero-order valence-corrected chi connectivity index (χ0v) is 17.8. The third-order valence-corrected chi connectivity index (χ3v) is 6.06. The first-order valence-corrected chi connectivity index (χ1v) is 10.7.